The molecule has 5 nitrogen and oxygen atoms in total. The fourth-order valence-corrected chi connectivity index (χ4v) is 4.05. The topological polar surface area (TPSA) is 56.5 Å². The number of benzene rings is 3. The summed E-state index contributed by atoms with van der Waals surface area (Å²) in [6.45, 7) is 3.48. The monoisotopic (exact) mass is 447 g/mol. The molecule has 0 aliphatic heterocycles. The fraction of sp³-hybridized carbons (Fsp3) is 0.138. The minimum absolute atomic E-state index is 0.380. The van der Waals surface area contributed by atoms with Crippen LogP contribution in [0.1, 0.15) is 35.0 Å². The molecule has 0 atom stereocenters. The highest BCUT2D eigenvalue weighted by molar-refractivity contribution is 5.71. The van der Waals surface area contributed by atoms with Crippen LogP contribution in [0.25, 0.3) is 16.9 Å². The summed E-state index contributed by atoms with van der Waals surface area (Å²) in [6, 6.07) is 28.5. The SMILES string of the molecule is CC(=O)Oc1c(Cc2ccc(C)cc2)nc2c(Cc3ccccc3)nc(-c3ccccc3)cn12. The molecule has 0 amide bonds. The summed E-state index contributed by atoms with van der Waals surface area (Å²) in [6.07, 6.45) is 3.07. The highest BCUT2D eigenvalue weighted by Gasteiger charge is 2.21. The summed E-state index contributed by atoms with van der Waals surface area (Å²) >= 11 is 0. The highest BCUT2D eigenvalue weighted by atomic mass is 16.5. The van der Waals surface area contributed by atoms with E-state index in [2.05, 4.69) is 43.3 Å². The molecule has 0 N–H and O–H groups in total. The normalized spacial score (nSPS) is 11.0. The molecule has 3 aromatic carbocycles. The number of ether oxygens (including phenoxy) is 1. The van der Waals surface area contributed by atoms with Crippen molar-refractivity contribution in [1.29, 1.82) is 0 Å². The number of rotatable bonds is 6. The van der Waals surface area contributed by atoms with Crippen LogP contribution in [-0.4, -0.2) is 20.3 Å². The van der Waals surface area contributed by atoms with Crippen LogP contribution in [0.4, 0.5) is 0 Å². The van der Waals surface area contributed by atoms with Gasteiger partial charge in [-0.3, -0.25) is 9.20 Å². The number of hydrogen-bond donors (Lipinski definition) is 0. The summed E-state index contributed by atoms with van der Waals surface area (Å²) < 4.78 is 7.60. The number of imidazole rings is 1. The van der Waals surface area contributed by atoms with Crippen molar-refractivity contribution in [3.8, 4) is 17.1 Å². The molecule has 5 aromatic rings. The third-order valence-corrected chi connectivity index (χ3v) is 5.72. The maximum absolute atomic E-state index is 12.1. The predicted octanol–water partition coefficient (Wildman–Crippen LogP) is 5.81. The molecule has 168 valence electrons. The minimum Gasteiger partial charge on any atom is -0.407 e. The molecule has 2 aromatic heterocycles. The number of esters is 1. The van der Waals surface area contributed by atoms with Crippen LogP contribution in [0.15, 0.2) is 91.1 Å². The molecule has 2 heterocycles. The number of fused-ring (bicyclic) bond motifs is 1. The first-order chi connectivity index (χ1) is 16.6. The molecular weight excluding hydrogens is 422 g/mol. The van der Waals surface area contributed by atoms with E-state index < -0.39 is 0 Å². The van der Waals surface area contributed by atoms with E-state index in [-0.39, 0.29) is 5.97 Å². The zero-order chi connectivity index (χ0) is 23.5. The second-order valence-electron chi connectivity index (χ2n) is 8.41. The Kier molecular flexibility index (Phi) is 5.91. The van der Waals surface area contributed by atoms with Gasteiger partial charge in [0.05, 0.1) is 11.4 Å². The first-order valence-electron chi connectivity index (χ1n) is 11.3. The Labute approximate surface area is 198 Å². The van der Waals surface area contributed by atoms with E-state index >= 15 is 0 Å². The van der Waals surface area contributed by atoms with E-state index in [4.69, 9.17) is 14.7 Å². The number of carbonyl (C=O) groups excluding carboxylic acids is 1. The highest BCUT2D eigenvalue weighted by Crippen LogP contribution is 2.29. The maximum atomic E-state index is 12.1. The number of nitrogens with zero attached hydrogens (tertiary/aromatic N) is 3. The van der Waals surface area contributed by atoms with E-state index in [1.54, 1.807) is 0 Å². The number of hydrogen-bond acceptors (Lipinski definition) is 4. The molecule has 0 saturated carbocycles. The summed E-state index contributed by atoms with van der Waals surface area (Å²) in [5.74, 6) is 0.0617. The van der Waals surface area contributed by atoms with E-state index in [0.29, 0.717) is 30.1 Å². The lowest BCUT2D eigenvalue weighted by Gasteiger charge is -2.10. The molecule has 0 radical (unpaired) electrons. The van der Waals surface area contributed by atoms with Crippen molar-refractivity contribution < 1.29 is 9.53 Å². The van der Waals surface area contributed by atoms with Gasteiger partial charge in [0.2, 0.25) is 5.88 Å². The van der Waals surface area contributed by atoms with Crippen molar-refractivity contribution in [3.63, 3.8) is 0 Å². The van der Waals surface area contributed by atoms with Gasteiger partial charge in [0.25, 0.3) is 0 Å². The van der Waals surface area contributed by atoms with Gasteiger partial charge in [-0.2, -0.15) is 0 Å². The standard InChI is InChI=1S/C29H25N3O2/c1-20-13-15-23(16-14-20)18-26-29(34-21(2)33)32-19-27(24-11-7-4-8-12-24)30-25(28(32)31-26)17-22-9-5-3-6-10-22/h3-16,19H,17-18H2,1-2H3. The molecule has 0 aliphatic rings. The maximum Gasteiger partial charge on any atom is 0.309 e. The smallest absolute Gasteiger partial charge is 0.309 e. The van der Waals surface area contributed by atoms with Crippen molar-refractivity contribution in [2.45, 2.75) is 26.7 Å². The first kappa shape index (κ1) is 21.6. The lowest BCUT2D eigenvalue weighted by molar-refractivity contribution is -0.132. The fourth-order valence-electron chi connectivity index (χ4n) is 4.05. The van der Waals surface area contributed by atoms with Crippen molar-refractivity contribution in [2.75, 3.05) is 0 Å². The average molecular weight is 448 g/mol. The van der Waals surface area contributed by atoms with Crippen LogP contribution in [0.5, 0.6) is 5.88 Å². The molecular formula is C29H25N3O2. The van der Waals surface area contributed by atoms with E-state index in [1.807, 2.05) is 59.1 Å². The minimum atomic E-state index is -0.380. The van der Waals surface area contributed by atoms with Gasteiger partial charge in [0.15, 0.2) is 5.65 Å². The van der Waals surface area contributed by atoms with E-state index in [9.17, 15) is 4.79 Å². The Balaban J connectivity index is 1.70. The molecule has 5 heteroatoms. The number of aromatic nitrogens is 3. The number of aryl methyl sites for hydroxylation is 1. The van der Waals surface area contributed by atoms with Crippen LogP contribution in [0.2, 0.25) is 0 Å². The van der Waals surface area contributed by atoms with Crippen molar-refractivity contribution >= 4 is 11.6 Å². The Hall–Kier alpha value is -4.25. The van der Waals surface area contributed by atoms with Crippen LogP contribution in [-0.2, 0) is 17.6 Å². The molecule has 0 fully saturated rings. The van der Waals surface area contributed by atoms with E-state index in [1.165, 1.54) is 12.5 Å². The van der Waals surface area contributed by atoms with Crippen molar-refractivity contribution in [3.05, 3.63) is 119 Å². The third kappa shape index (κ3) is 4.59. The lowest BCUT2D eigenvalue weighted by atomic mass is 10.1. The van der Waals surface area contributed by atoms with Gasteiger partial charge in [-0.05, 0) is 18.1 Å². The molecule has 0 aliphatic carbocycles. The first-order valence-corrected chi connectivity index (χ1v) is 11.3. The molecule has 0 bridgehead atoms. The van der Waals surface area contributed by atoms with Crippen molar-refractivity contribution in [1.82, 2.24) is 14.4 Å². The van der Waals surface area contributed by atoms with Gasteiger partial charge in [0, 0.05) is 31.5 Å². The summed E-state index contributed by atoms with van der Waals surface area (Å²) in [5, 5.41) is 0. The van der Waals surface area contributed by atoms with Crippen LogP contribution >= 0.6 is 0 Å². The van der Waals surface area contributed by atoms with Crippen molar-refractivity contribution in [2.24, 2.45) is 0 Å². The largest absolute Gasteiger partial charge is 0.407 e. The van der Waals surface area contributed by atoms with Crippen LogP contribution < -0.4 is 4.74 Å². The van der Waals surface area contributed by atoms with E-state index in [0.717, 1.165) is 28.1 Å². The zero-order valence-corrected chi connectivity index (χ0v) is 19.2. The van der Waals surface area contributed by atoms with Crippen LogP contribution in [0, 0.1) is 6.92 Å². The van der Waals surface area contributed by atoms with Gasteiger partial charge < -0.3 is 4.74 Å². The second kappa shape index (κ2) is 9.32. The van der Waals surface area contributed by atoms with Gasteiger partial charge >= 0.3 is 5.97 Å². The lowest BCUT2D eigenvalue weighted by Crippen LogP contribution is -2.07. The van der Waals surface area contributed by atoms with Gasteiger partial charge in [0.1, 0.15) is 5.69 Å². The molecule has 0 unspecified atom stereocenters. The Bertz CT molecular complexity index is 1440. The molecule has 0 spiro atoms. The molecule has 34 heavy (non-hydrogen) atoms. The Morgan fingerprint density at radius 3 is 2.09 bits per heavy atom. The molecule has 5 rings (SSSR count). The number of carbonyl (C=O) groups is 1. The predicted molar refractivity (Wildman–Crippen MR) is 133 cm³/mol. The van der Waals surface area contributed by atoms with Gasteiger partial charge in [-0.15, -0.1) is 0 Å². The summed E-state index contributed by atoms with van der Waals surface area (Å²) in [7, 11) is 0. The van der Waals surface area contributed by atoms with Gasteiger partial charge in [-0.25, -0.2) is 9.97 Å². The quantitative estimate of drug-likeness (QED) is 0.308. The average Bonchev–Trinajstić information content (AvgIpc) is 3.18. The Morgan fingerprint density at radius 2 is 1.41 bits per heavy atom. The summed E-state index contributed by atoms with van der Waals surface area (Å²) in [5.41, 5.74) is 7.45. The summed E-state index contributed by atoms with van der Waals surface area (Å²) in [4.78, 5) is 22.0. The van der Waals surface area contributed by atoms with Crippen LogP contribution in [0.3, 0.4) is 0 Å². The third-order valence-electron chi connectivity index (χ3n) is 5.72. The molecule has 0 saturated heterocycles. The Morgan fingerprint density at radius 1 is 0.794 bits per heavy atom. The second-order valence-corrected chi connectivity index (χ2v) is 8.41. The van der Waals surface area contributed by atoms with Gasteiger partial charge in [-0.1, -0.05) is 90.5 Å². The zero-order valence-electron chi connectivity index (χ0n) is 19.2.